The first-order chi connectivity index (χ1) is 17.4. The molecule has 0 radical (unpaired) electrons. The first-order valence-corrected chi connectivity index (χ1v) is 11.8. The summed E-state index contributed by atoms with van der Waals surface area (Å²) in [6.07, 6.45) is 2.80. The third-order valence-corrected chi connectivity index (χ3v) is 6.09. The molecule has 1 fully saturated rings. The first kappa shape index (κ1) is 24.7. The van der Waals surface area contributed by atoms with Gasteiger partial charge in [-0.1, -0.05) is 11.8 Å². The molecule has 0 saturated carbocycles. The number of aromatic hydroxyl groups is 1. The predicted octanol–water partition coefficient (Wildman–Crippen LogP) is 4.03. The van der Waals surface area contributed by atoms with E-state index in [4.69, 9.17) is 9.15 Å². The predicted molar refractivity (Wildman–Crippen MR) is 136 cm³/mol. The van der Waals surface area contributed by atoms with Gasteiger partial charge in [0.05, 0.1) is 30.3 Å². The number of nitrogens with one attached hydrogen (secondary N) is 1. The van der Waals surface area contributed by atoms with Crippen molar-refractivity contribution in [3.8, 4) is 5.75 Å². The summed E-state index contributed by atoms with van der Waals surface area (Å²) in [7, 11) is 0. The molecule has 1 unspecified atom stereocenters. The molecule has 2 heterocycles. The average Bonchev–Trinajstić information content (AvgIpc) is 3.49. The fourth-order valence-electron chi connectivity index (χ4n) is 3.29. The third kappa shape index (κ3) is 5.99. The van der Waals surface area contributed by atoms with Crippen molar-refractivity contribution in [1.82, 2.24) is 0 Å². The largest absolute Gasteiger partial charge is 0.508 e. The van der Waals surface area contributed by atoms with Crippen LogP contribution in [0.15, 0.2) is 81.5 Å². The van der Waals surface area contributed by atoms with Gasteiger partial charge in [-0.05, 0) is 67.6 Å². The Morgan fingerprint density at radius 1 is 1.17 bits per heavy atom. The molecule has 1 aliphatic rings. The molecule has 0 bridgehead atoms. The summed E-state index contributed by atoms with van der Waals surface area (Å²) in [5, 5.41) is 20.1. The van der Waals surface area contributed by atoms with Gasteiger partial charge in [-0.3, -0.25) is 14.5 Å². The van der Waals surface area contributed by atoms with Crippen LogP contribution >= 0.6 is 11.8 Å². The van der Waals surface area contributed by atoms with E-state index in [1.54, 1.807) is 55.5 Å². The number of anilines is 2. The zero-order valence-corrected chi connectivity index (χ0v) is 20.0. The van der Waals surface area contributed by atoms with Crippen molar-refractivity contribution < 1.29 is 28.6 Å². The molecular weight excluding hydrogens is 484 g/mol. The van der Waals surface area contributed by atoms with Gasteiger partial charge in [-0.15, -0.1) is 5.10 Å². The zero-order chi connectivity index (χ0) is 25.5. The minimum absolute atomic E-state index is 0.0530. The lowest BCUT2D eigenvalue weighted by atomic mass is 10.2. The van der Waals surface area contributed by atoms with Gasteiger partial charge in [0, 0.05) is 12.1 Å². The molecule has 11 heteroatoms. The van der Waals surface area contributed by atoms with Gasteiger partial charge in [-0.25, -0.2) is 4.79 Å². The monoisotopic (exact) mass is 506 g/mol. The van der Waals surface area contributed by atoms with E-state index in [0.29, 0.717) is 22.7 Å². The third-order valence-electron chi connectivity index (χ3n) is 4.96. The van der Waals surface area contributed by atoms with Crippen LogP contribution in [0.5, 0.6) is 5.75 Å². The molecule has 0 spiro atoms. The molecule has 2 aromatic carbocycles. The van der Waals surface area contributed by atoms with Gasteiger partial charge in [-0.2, -0.15) is 5.10 Å². The Bertz CT molecular complexity index is 1290. The number of esters is 1. The quantitative estimate of drug-likeness (QED) is 0.268. The van der Waals surface area contributed by atoms with Crippen molar-refractivity contribution in [1.29, 1.82) is 0 Å². The number of thioether (sulfide) groups is 1. The van der Waals surface area contributed by atoms with E-state index in [9.17, 15) is 19.5 Å². The summed E-state index contributed by atoms with van der Waals surface area (Å²) in [6.45, 7) is 1.99. The molecule has 36 heavy (non-hydrogen) atoms. The van der Waals surface area contributed by atoms with Crippen LogP contribution in [-0.4, -0.2) is 46.1 Å². The molecular formula is C25H22N4O6S. The van der Waals surface area contributed by atoms with Gasteiger partial charge >= 0.3 is 5.97 Å². The van der Waals surface area contributed by atoms with Gasteiger partial charge in [0.15, 0.2) is 5.17 Å². The maximum Gasteiger partial charge on any atom is 0.338 e. The Morgan fingerprint density at radius 3 is 2.58 bits per heavy atom. The van der Waals surface area contributed by atoms with E-state index in [1.165, 1.54) is 29.5 Å². The average molecular weight is 507 g/mol. The summed E-state index contributed by atoms with van der Waals surface area (Å²) in [5.41, 5.74) is 1.34. The van der Waals surface area contributed by atoms with Gasteiger partial charge < -0.3 is 19.6 Å². The van der Waals surface area contributed by atoms with E-state index >= 15 is 0 Å². The topological polar surface area (TPSA) is 134 Å². The number of benzene rings is 2. The number of ether oxygens (including phenoxy) is 1. The summed E-state index contributed by atoms with van der Waals surface area (Å²) < 4.78 is 10.1. The Labute approximate surface area is 210 Å². The van der Waals surface area contributed by atoms with Crippen molar-refractivity contribution >= 4 is 52.3 Å². The summed E-state index contributed by atoms with van der Waals surface area (Å²) in [6, 6.07) is 15.8. The number of amides is 2. The smallest absolute Gasteiger partial charge is 0.338 e. The number of amidine groups is 1. The minimum atomic E-state index is -0.741. The Balaban J connectivity index is 1.47. The van der Waals surface area contributed by atoms with Crippen molar-refractivity contribution in [2.75, 3.05) is 16.8 Å². The summed E-state index contributed by atoms with van der Waals surface area (Å²) in [4.78, 5) is 39.1. The highest BCUT2D eigenvalue weighted by Crippen LogP contribution is 2.34. The maximum absolute atomic E-state index is 13.2. The second-order valence-corrected chi connectivity index (χ2v) is 8.66. The van der Waals surface area contributed by atoms with Crippen LogP contribution in [0.3, 0.4) is 0 Å². The van der Waals surface area contributed by atoms with Crippen LogP contribution in [0.25, 0.3) is 0 Å². The van der Waals surface area contributed by atoms with Crippen molar-refractivity contribution in [2.24, 2.45) is 10.2 Å². The molecule has 1 saturated heterocycles. The zero-order valence-electron chi connectivity index (χ0n) is 19.2. The minimum Gasteiger partial charge on any atom is -0.508 e. The second-order valence-electron chi connectivity index (χ2n) is 7.49. The molecule has 1 aliphatic heterocycles. The van der Waals surface area contributed by atoms with Crippen LogP contribution in [0.2, 0.25) is 0 Å². The van der Waals surface area contributed by atoms with E-state index in [2.05, 4.69) is 15.5 Å². The number of hydrogen-bond donors (Lipinski definition) is 2. The number of phenols is 1. The fourth-order valence-corrected chi connectivity index (χ4v) is 4.38. The molecule has 1 atom stereocenters. The van der Waals surface area contributed by atoms with E-state index in [-0.39, 0.29) is 35.8 Å². The van der Waals surface area contributed by atoms with E-state index in [0.717, 1.165) is 11.8 Å². The lowest BCUT2D eigenvalue weighted by Gasteiger charge is -2.15. The Kier molecular flexibility index (Phi) is 7.81. The number of phenolic OH excluding ortho intramolecular Hbond substituents is 1. The first-order valence-electron chi connectivity index (χ1n) is 11.0. The molecule has 2 amide bonds. The summed E-state index contributed by atoms with van der Waals surface area (Å²) in [5.74, 6) is -0.618. The lowest BCUT2D eigenvalue weighted by Crippen LogP contribution is -2.33. The van der Waals surface area contributed by atoms with E-state index < -0.39 is 11.2 Å². The standard InChI is InChI=1S/C25H22N4O6S/c1-2-34-24(33)16-5-7-17(8-6-16)27-22(31)14-21-23(32)29(18-9-11-19(30)12-10-18)25(36-21)28-26-15-20-4-3-13-35-20/h3-13,15,21,30H,2,14H2,1H3,(H,27,31). The maximum atomic E-state index is 13.2. The SMILES string of the molecule is CCOC(=O)c1ccc(NC(=O)CC2SC(=NN=Cc3ccco3)N(c3ccc(O)cc3)C2=O)cc1. The van der Waals surface area contributed by atoms with E-state index in [1.807, 2.05) is 0 Å². The van der Waals surface area contributed by atoms with Crippen LogP contribution in [0.1, 0.15) is 29.5 Å². The molecule has 4 rings (SSSR count). The normalized spacial score (nSPS) is 16.6. The van der Waals surface area contributed by atoms with Crippen LogP contribution < -0.4 is 10.2 Å². The molecule has 0 aliphatic carbocycles. The van der Waals surface area contributed by atoms with Gasteiger partial charge in [0.2, 0.25) is 11.8 Å². The van der Waals surface area contributed by atoms with Crippen LogP contribution in [-0.2, 0) is 14.3 Å². The lowest BCUT2D eigenvalue weighted by molar-refractivity contribution is -0.121. The number of carbonyl (C=O) groups excluding carboxylic acids is 3. The molecule has 184 valence electrons. The highest BCUT2D eigenvalue weighted by molar-refractivity contribution is 8.16. The van der Waals surface area contributed by atoms with Crippen LogP contribution in [0.4, 0.5) is 11.4 Å². The van der Waals surface area contributed by atoms with Crippen LogP contribution in [0, 0.1) is 0 Å². The molecule has 10 nitrogen and oxygen atoms in total. The number of nitrogens with zero attached hydrogens (tertiary/aromatic N) is 3. The van der Waals surface area contributed by atoms with Gasteiger partial charge in [0.1, 0.15) is 16.8 Å². The number of furan rings is 1. The van der Waals surface area contributed by atoms with Crippen molar-refractivity contribution in [3.63, 3.8) is 0 Å². The van der Waals surface area contributed by atoms with Crippen molar-refractivity contribution in [2.45, 2.75) is 18.6 Å². The van der Waals surface area contributed by atoms with Gasteiger partial charge in [0.25, 0.3) is 0 Å². The molecule has 2 N–H and O–H groups in total. The second kappa shape index (κ2) is 11.4. The Morgan fingerprint density at radius 2 is 1.92 bits per heavy atom. The number of rotatable bonds is 8. The highest BCUT2D eigenvalue weighted by atomic mass is 32.2. The van der Waals surface area contributed by atoms with Crippen molar-refractivity contribution in [3.05, 3.63) is 78.3 Å². The molecule has 1 aromatic heterocycles. The summed E-state index contributed by atoms with van der Waals surface area (Å²) >= 11 is 1.11. The fraction of sp³-hybridized carbons (Fsp3) is 0.160. The molecule has 3 aromatic rings. The highest BCUT2D eigenvalue weighted by Gasteiger charge is 2.40. The number of carbonyl (C=O) groups is 3. The number of hydrogen-bond acceptors (Lipinski definition) is 9. The Hall–Kier alpha value is -4.38.